The van der Waals surface area contributed by atoms with E-state index in [0.29, 0.717) is 23.8 Å². The summed E-state index contributed by atoms with van der Waals surface area (Å²) < 4.78 is 29.2. The molecule has 0 saturated heterocycles. The topological polar surface area (TPSA) is 0 Å². The zero-order valence-corrected chi connectivity index (χ0v) is 16.8. The molecule has 0 saturated carbocycles. The van der Waals surface area contributed by atoms with Crippen molar-refractivity contribution in [1.29, 1.82) is 0 Å². The fraction of sp³-hybridized carbons (Fsp3) is 0.308. The summed E-state index contributed by atoms with van der Waals surface area (Å²) in [6.07, 6.45) is 9.86. The van der Waals surface area contributed by atoms with Crippen LogP contribution in [-0.4, -0.2) is 0 Å². The largest absolute Gasteiger partial charge is 0.203 e. The molecule has 0 aliphatic rings. The van der Waals surface area contributed by atoms with Crippen molar-refractivity contribution in [3.8, 4) is 11.1 Å². The minimum absolute atomic E-state index is 0.344. The first-order valence-electron chi connectivity index (χ1n) is 10.2. The first kappa shape index (κ1) is 20.3. The predicted molar refractivity (Wildman–Crippen MR) is 116 cm³/mol. The van der Waals surface area contributed by atoms with Gasteiger partial charge in [0.2, 0.25) is 0 Å². The molecule has 0 aromatic heterocycles. The molecule has 0 nitrogen and oxygen atoms in total. The van der Waals surface area contributed by atoms with Crippen LogP contribution >= 0.6 is 0 Å². The summed E-state index contributed by atoms with van der Waals surface area (Å²) in [6.45, 7) is 4.13. The molecule has 0 amide bonds. The lowest BCUT2D eigenvalue weighted by atomic mass is 9.97. The fourth-order valence-electron chi connectivity index (χ4n) is 3.59. The van der Waals surface area contributed by atoms with Gasteiger partial charge in [-0.05, 0) is 72.4 Å². The maximum Gasteiger partial charge on any atom is 0.166 e. The zero-order valence-electron chi connectivity index (χ0n) is 16.8. The van der Waals surface area contributed by atoms with Gasteiger partial charge < -0.3 is 0 Å². The first-order valence-corrected chi connectivity index (χ1v) is 10.2. The van der Waals surface area contributed by atoms with Crippen molar-refractivity contribution in [3.63, 3.8) is 0 Å². The molecule has 146 valence electrons. The van der Waals surface area contributed by atoms with Crippen LogP contribution in [0.1, 0.15) is 50.7 Å². The molecular formula is C26H28F2. The summed E-state index contributed by atoms with van der Waals surface area (Å²) in [5, 5.41) is 1.09. The molecule has 0 radical (unpaired) electrons. The van der Waals surface area contributed by atoms with Gasteiger partial charge in [-0.25, -0.2) is 8.78 Å². The molecule has 0 spiro atoms. The van der Waals surface area contributed by atoms with Crippen LogP contribution in [-0.2, 0) is 12.8 Å². The van der Waals surface area contributed by atoms with Gasteiger partial charge >= 0.3 is 0 Å². The van der Waals surface area contributed by atoms with Crippen molar-refractivity contribution < 1.29 is 8.78 Å². The highest BCUT2D eigenvalue weighted by Gasteiger charge is 2.14. The molecular weight excluding hydrogens is 350 g/mol. The minimum Gasteiger partial charge on any atom is -0.203 e. The molecule has 0 atom stereocenters. The van der Waals surface area contributed by atoms with Crippen molar-refractivity contribution in [1.82, 2.24) is 0 Å². The van der Waals surface area contributed by atoms with E-state index in [-0.39, 0.29) is 0 Å². The summed E-state index contributed by atoms with van der Waals surface area (Å²) in [6, 6.07) is 15.8. The number of rotatable bonds is 8. The third kappa shape index (κ3) is 4.67. The second-order valence-electron chi connectivity index (χ2n) is 7.36. The predicted octanol–water partition coefficient (Wildman–Crippen LogP) is 8.03. The van der Waals surface area contributed by atoms with Gasteiger partial charge in [-0.1, -0.05) is 68.3 Å². The Morgan fingerprint density at radius 2 is 1.57 bits per heavy atom. The van der Waals surface area contributed by atoms with Crippen LogP contribution < -0.4 is 0 Å². The summed E-state index contributed by atoms with van der Waals surface area (Å²) in [7, 11) is 0. The van der Waals surface area contributed by atoms with E-state index in [2.05, 4.69) is 31.2 Å². The van der Waals surface area contributed by atoms with E-state index >= 15 is 0 Å². The summed E-state index contributed by atoms with van der Waals surface area (Å²) in [4.78, 5) is 0. The van der Waals surface area contributed by atoms with Gasteiger partial charge in [-0.3, -0.25) is 0 Å². The van der Waals surface area contributed by atoms with E-state index in [4.69, 9.17) is 0 Å². The Kier molecular flexibility index (Phi) is 6.97. The van der Waals surface area contributed by atoms with E-state index < -0.39 is 11.6 Å². The maximum atomic E-state index is 14.7. The Balaban J connectivity index is 1.87. The Morgan fingerprint density at radius 3 is 2.29 bits per heavy atom. The average molecular weight is 379 g/mol. The second-order valence-corrected chi connectivity index (χ2v) is 7.36. The van der Waals surface area contributed by atoms with Crippen LogP contribution in [0.15, 0.2) is 60.7 Å². The van der Waals surface area contributed by atoms with Gasteiger partial charge in [0, 0.05) is 5.39 Å². The van der Waals surface area contributed by atoms with Crippen LogP contribution in [0.25, 0.3) is 21.9 Å². The number of halogens is 2. The number of unbranched alkanes of at least 4 members (excludes halogenated alkanes) is 2. The van der Waals surface area contributed by atoms with Crippen molar-refractivity contribution >= 4 is 10.8 Å². The highest BCUT2D eigenvalue weighted by molar-refractivity contribution is 5.88. The molecule has 0 aliphatic carbocycles. The number of hydrogen-bond donors (Lipinski definition) is 0. The van der Waals surface area contributed by atoms with Crippen molar-refractivity contribution in [2.75, 3.05) is 0 Å². The Labute approximate surface area is 166 Å². The average Bonchev–Trinajstić information content (AvgIpc) is 2.72. The number of allylic oxidation sites excluding steroid dienone is 2. The van der Waals surface area contributed by atoms with Gasteiger partial charge in [-0.15, -0.1) is 0 Å². The molecule has 0 N–H and O–H groups in total. The number of aryl methyl sites for hydroxylation is 2. The summed E-state index contributed by atoms with van der Waals surface area (Å²) >= 11 is 0. The summed E-state index contributed by atoms with van der Waals surface area (Å²) in [5.41, 5.74) is 3.69. The van der Waals surface area contributed by atoms with Crippen LogP contribution in [0.2, 0.25) is 0 Å². The van der Waals surface area contributed by atoms with Gasteiger partial charge in [-0.2, -0.15) is 0 Å². The Bertz CT molecular complexity index is 952. The van der Waals surface area contributed by atoms with Crippen LogP contribution in [0, 0.1) is 11.6 Å². The number of hydrogen-bond acceptors (Lipinski definition) is 0. The molecule has 3 aromatic carbocycles. The third-order valence-corrected chi connectivity index (χ3v) is 5.27. The summed E-state index contributed by atoms with van der Waals surface area (Å²) in [5.74, 6) is -1.47. The van der Waals surface area contributed by atoms with E-state index in [1.54, 1.807) is 12.1 Å². The van der Waals surface area contributed by atoms with E-state index in [1.165, 1.54) is 24.8 Å². The molecule has 0 aliphatic heterocycles. The van der Waals surface area contributed by atoms with Gasteiger partial charge in [0.1, 0.15) is 0 Å². The van der Waals surface area contributed by atoms with E-state index in [0.717, 1.165) is 22.9 Å². The smallest absolute Gasteiger partial charge is 0.166 e. The molecule has 3 aromatic rings. The highest BCUT2D eigenvalue weighted by atomic mass is 19.2. The third-order valence-electron chi connectivity index (χ3n) is 5.27. The van der Waals surface area contributed by atoms with Gasteiger partial charge in [0.25, 0.3) is 0 Å². The molecule has 0 fully saturated rings. The lowest BCUT2D eigenvalue weighted by molar-refractivity contribution is 0.507. The molecule has 0 bridgehead atoms. The standard InChI is InChI=1S/C26H28F2/c1-3-5-7-9-19-11-13-20(14-12-19)21-15-16-22-17-23(10-8-6-4-2)25(27)26(28)24(22)18-21/h4,6,11-18H,3,5,7-10H2,1-2H3/b6-4+. The second kappa shape index (κ2) is 9.64. The molecule has 0 heterocycles. The molecule has 0 unspecified atom stereocenters. The van der Waals surface area contributed by atoms with E-state index in [9.17, 15) is 8.78 Å². The molecule has 28 heavy (non-hydrogen) atoms. The lowest BCUT2D eigenvalue weighted by Crippen LogP contribution is -1.96. The lowest BCUT2D eigenvalue weighted by Gasteiger charge is -2.10. The Hall–Kier alpha value is -2.48. The van der Waals surface area contributed by atoms with Gasteiger partial charge in [0.15, 0.2) is 11.6 Å². The van der Waals surface area contributed by atoms with Crippen LogP contribution in [0.5, 0.6) is 0 Å². The highest BCUT2D eigenvalue weighted by Crippen LogP contribution is 2.30. The van der Waals surface area contributed by atoms with E-state index in [1.807, 2.05) is 31.2 Å². The molecule has 2 heteroatoms. The number of fused-ring (bicyclic) bond motifs is 1. The van der Waals surface area contributed by atoms with Crippen molar-refractivity contribution in [2.45, 2.75) is 52.4 Å². The monoisotopic (exact) mass is 378 g/mol. The minimum atomic E-state index is -0.744. The first-order chi connectivity index (χ1) is 13.6. The normalized spacial score (nSPS) is 11.6. The number of benzene rings is 3. The van der Waals surface area contributed by atoms with Crippen molar-refractivity contribution in [2.24, 2.45) is 0 Å². The maximum absolute atomic E-state index is 14.7. The Morgan fingerprint density at radius 1 is 0.821 bits per heavy atom. The van der Waals surface area contributed by atoms with Gasteiger partial charge in [0.05, 0.1) is 0 Å². The quantitative estimate of drug-likeness (QED) is 0.275. The fourth-order valence-corrected chi connectivity index (χ4v) is 3.59. The van der Waals surface area contributed by atoms with Crippen molar-refractivity contribution in [3.05, 3.63) is 83.4 Å². The van der Waals surface area contributed by atoms with Crippen LogP contribution in [0.3, 0.4) is 0 Å². The zero-order chi connectivity index (χ0) is 19.9. The van der Waals surface area contributed by atoms with Crippen LogP contribution in [0.4, 0.5) is 8.78 Å². The molecule has 3 rings (SSSR count). The SMILES string of the molecule is C/C=C/CCc1cc2ccc(-c3ccc(CCCCC)cc3)cc2c(F)c1F.